The lowest BCUT2D eigenvalue weighted by Gasteiger charge is -2.42. The van der Waals surface area contributed by atoms with E-state index in [9.17, 15) is 4.11 Å². The molecule has 0 saturated heterocycles. The van der Waals surface area contributed by atoms with Crippen molar-refractivity contribution in [2.24, 2.45) is 0 Å². The highest BCUT2D eigenvalue weighted by molar-refractivity contribution is 6.10. The predicted molar refractivity (Wildman–Crippen MR) is 357 cm³/mol. The quantitative estimate of drug-likeness (QED) is 0.142. The third kappa shape index (κ3) is 10.2. The number of pyridine rings is 1. The van der Waals surface area contributed by atoms with Gasteiger partial charge in [0.2, 0.25) is 11.4 Å². The highest BCUT2D eigenvalue weighted by atomic mass is 16.5. The molecule has 0 N–H and O–H groups in total. The normalized spacial score (nSPS) is 16.2. The first kappa shape index (κ1) is 49.3. The van der Waals surface area contributed by atoms with Gasteiger partial charge in [-0.25, -0.2) is 4.98 Å². The van der Waals surface area contributed by atoms with Gasteiger partial charge in [-0.3, -0.25) is 4.57 Å². The molecule has 1 aliphatic heterocycles. The van der Waals surface area contributed by atoms with E-state index >= 15 is 0 Å². The first-order chi connectivity index (χ1) is 42.0. The van der Waals surface area contributed by atoms with Gasteiger partial charge in [0.25, 0.3) is 11.4 Å². The Balaban J connectivity index is 1.02. The van der Waals surface area contributed by atoms with E-state index < -0.39 is 17.7 Å². The van der Waals surface area contributed by atoms with Gasteiger partial charge in [-0.2, -0.15) is 0 Å². The molecular formula is C79H84N4O+2. The van der Waals surface area contributed by atoms with Gasteiger partial charge in [-0.05, 0) is 165 Å². The Bertz CT molecular complexity index is 4660. The Hall–Kier alpha value is -8.11. The molecule has 0 radical (unpaired) electrons. The Labute approximate surface area is 508 Å². The molecule has 84 heavy (non-hydrogen) atoms. The summed E-state index contributed by atoms with van der Waals surface area (Å²) in [6.07, 6.45) is 3.11. The van der Waals surface area contributed by atoms with E-state index in [1.165, 1.54) is 22.9 Å². The molecule has 2 aliphatic rings. The van der Waals surface area contributed by atoms with Crippen molar-refractivity contribution in [2.75, 3.05) is 0 Å². The second kappa shape index (κ2) is 20.0. The van der Waals surface area contributed by atoms with Crippen LogP contribution in [0, 0.1) is 6.85 Å². The van der Waals surface area contributed by atoms with Gasteiger partial charge in [0.05, 0.1) is 32.3 Å². The van der Waals surface area contributed by atoms with Crippen LogP contribution in [-0.2, 0) is 32.5 Å². The molecule has 0 atom stereocenters. The van der Waals surface area contributed by atoms with Crippen molar-refractivity contribution in [1.29, 1.82) is 0 Å². The van der Waals surface area contributed by atoms with Gasteiger partial charge in [0, 0.05) is 50.9 Å². The molecule has 0 fully saturated rings. The molecule has 0 spiro atoms. The number of aromatic nitrogens is 2. The SMILES string of the molecule is [2H]c1c([2H])c2c(c([2H])c1-c1cnc(-n3c4ccc(C(C)(C)C)cc4c4ccc(Oc5cccc([N+]6=C=[N+](c7c(-c8ccc(C(C)(C)C)cc8)cc(C(C)(C)C)cc7-c7cccc(C(C)(C)C)c7)c7ccccc76)c5)cc43)cc1C([2H])([2H])[2H])C(C)(C)CCC2(C)C. The van der Waals surface area contributed by atoms with Crippen LogP contribution in [0.2, 0.25) is 0 Å². The molecule has 1 aliphatic carbocycles. The lowest BCUT2D eigenvalue weighted by molar-refractivity contribution is 0.332. The van der Waals surface area contributed by atoms with Crippen LogP contribution in [0.1, 0.15) is 171 Å². The van der Waals surface area contributed by atoms with E-state index in [0.29, 0.717) is 28.4 Å². The van der Waals surface area contributed by atoms with Crippen LogP contribution in [0.15, 0.2) is 176 Å². The molecular weight excluding hydrogens is 1020 g/mol. The van der Waals surface area contributed by atoms with Gasteiger partial charge >= 0.3 is 6.01 Å². The number of nitrogens with zero attached hydrogens (tertiary/aromatic N) is 4. The number of benzene rings is 8. The summed E-state index contributed by atoms with van der Waals surface area (Å²) in [5.74, 6) is 1.53. The van der Waals surface area contributed by atoms with Crippen molar-refractivity contribution in [3.05, 3.63) is 215 Å². The Morgan fingerprint density at radius 2 is 1.13 bits per heavy atom. The average molecular weight is 1110 g/mol. The lowest BCUT2D eigenvalue weighted by Crippen LogP contribution is -2.33. The van der Waals surface area contributed by atoms with Crippen LogP contribution in [0.3, 0.4) is 0 Å². The molecule has 3 heterocycles. The zero-order chi connectivity index (χ0) is 64.7. The minimum atomic E-state index is -2.67. The monoisotopic (exact) mass is 1110 g/mol. The van der Waals surface area contributed by atoms with E-state index in [1.54, 1.807) is 6.07 Å². The fourth-order valence-electron chi connectivity index (χ4n) is 12.3. The van der Waals surface area contributed by atoms with Crippen molar-refractivity contribution in [3.63, 3.8) is 0 Å². The summed E-state index contributed by atoms with van der Waals surface area (Å²) in [7, 11) is 0. The maximum atomic E-state index is 9.76. The van der Waals surface area contributed by atoms with Crippen LogP contribution in [-0.4, -0.2) is 15.6 Å². The van der Waals surface area contributed by atoms with Crippen molar-refractivity contribution in [3.8, 4) is 50.7 Å². The summed E-state index contributed by atoms with van der Waals surface area (Å²) >= 11 is 0. The summed E-state index contributed by atoms with van der Waals surface area (Å²) in [5.41, 5.74) is 15.1. The molecule has 0 bridgehead atoms. The molecule has 0 amide bonds. The molecule has 0 saturated carbocycles. The number of para-hydroxylation sites is 2. The molecule has 2 aromatic heterocycles. The van der Waals surface area contributed by atoms with Crippen LogP contribution >= 0.6 is 0 Å². The summed E-state index contributed by atoms with van der Waals surface area (Å²) in [5, 5.41) is 1.90. The molecule has 424 valence electrons. The van der Waals surface area contributed by atoms with E-state index in [0.717, 1.165) is 85.2 Å². The average Bonchev–Trinajstić information content (AvgIpc) is 1.02. The van der Waals surface area contributed by atoms with Gasteiger partial charge in [0.15, 0.2) is 0 Å². The van der Waals surface area contributed by atoms with Crippen molar-refractivity contribution in [1.82, 2.24) is 18.7 Å². The first-order valence-electron chi connectivity index (χ1n) is 32.9. The standard InChI is InChI=1S/C79H84N4O/c1-50-40-72(80-48-65(50)53-30-36-66-67(42-53)79(16,17)39-38-78(66,14)15)83-68-37-33-56(76(8,9)10)43-64(68)61-35-34-60(47-71(61)83)84-59-25-21-24-58(46-59)81-49-82(70-27-19-18-26-69(70)81)73-62(51-28-31-54(32-29-51)74(2,3)4)44-57(77(11,12)13)45-63(73)52-22-20-23-55(41-52)75(5,6)7/h18-37,40-48H,38-39H2,1-17H3/q+2/i1D3,30D,36D,42D. The summed E-state index contributed by atoms with van der Waals surface area (Å²) < 4.78 is 69.0. The number of ether oxygens (including phenoxy) is 1. The molecule has 10 aromatic rings. The highest BCUT2D eigenvalue weighted by Crippen LogP contribution is 2.50. The maximum Gasteiger partial charge on any atom is 0.503 e. The largest absolute Gasteiger partial charge is 0.503 e. The number of fused-ring (bicyclic) bond motifs is 5. The highest BCUT2D eigenvalue weighted by Gasteiger charge is 2.41. The molecule has 0 unspecified atom stereocenters. The zero-order valence-corrected chi connectivity index (χ0v) is 52.1. The van der Waals surface area contributed by atoms with Crippen LogP contribution in [0.25, 0.3) is 61.0 Å². The summed E-state index contributed by atoms with van der Waals surface area (Å²) in [6.45, 7) is 32.6. The minimum absolute atomic E-state index is 0.0142. The van der Waals surface area contributed by atoms with Gasteiger partial charge in [0.1, 0.15) is 17.3 Å². The molecule has 8 aromatic carbocycles. The lowest BCUT2D eigenvalue weighted by atomic mass is 9.63. The van der Waals surface area contributed by atoms with Gasteiger partial charge < -0.3 is 4.74 Å². The first-order valence-corrected chi connectivity index (χ1v) is 29.9. The van der Waals surface area contributed by atoms with Crippen molar-refractivity contribution >= 4 is 50.6 Å². The van der Waals surface area contributed by atoms with Crippen LogP contribution < -0.4 is 13.9 Å². The smallest absolute Gasteiger partial charge is 0.457 e. The second-order valence-electron chi connectivity index (χ2n) is 29.0. The third-order valence-electron chi connectivity index (χ3n) is 17.7. The topological polar surface area (TPSA) is 33.1 Å². The summed E-state index contributed by atoms with van der Waals surface area (Å²) in [6, 6.07) is 57.4. The van der Waals surface area contributed by atoms with E-state index in [-0.39, 0.29) is 56.5 Å². The Morgan fingerprint density at radius 1 is 0.512 bits per heavy atom. The Kier molecular flexibility index (Phi) is 11.8. The van der Waals surface area contributed by atoms with Gasteiger partial charge in [-0.15, -0.1) is 0 Å². The number of hydrogen-bond acceptors (Lipinski definition) is 2. The van der Waals surface area contributed by atoms with Gasteiger partial charge in [-0.1, -0.05) is 202 Å². The number of hydrogen-bond donors (Lipinski definition) is 0. The van der Waals surface area contributed by atoms with Crippen LogP contribution in [0.5, 0.6) is 11.5 Å². The molecule has 5 heteroatoms. The minimum Gasteiger partial charge on any atom is -0.457 e. The van der Waals surface area contributed by atoms with Crippen molar-refractivity contribution < 1.29 is 13.0 Å². The van der Waals surface area contributed by atoms with Crippen LogP contribution in [0.4, 0.5) is 22.7 Å². The number of aryl methyl sites for hydroxylation is 1. The predicted octanol–water partition coefficient (Wildman–Crippen LogP) is 21.7. The summed E-state index contributed by atoms with van der Waals surface area (Å²) in [4.78, 5) is 5.06. The fourth-order valence-corrected chi connectivity index (χ4v) is 12.3. The second-order valence-corrected chi connectivity index (χ2v) is 29.0. The van der Waals surface area contributed by atoms with E-state index in [4.69, 9.17) is 13.8 Å². The molecule has 12 rings (SSSR count). The molecule has 5 nitrogen and oxygen atoms in total. The number of rotatable bonds is 8. The zero-order valence-electron chi connectivity index (χ0n) is 58.1. The fraction of sp³-hybridized carbons (Fsp3) is 0.316. The van der Waals surface area contributed by atoms with E-state index in [1.807, 2.05) is 34.9 Å². The van der Waals surface area contributed by atoms with E-state index in [2.05, 4.69) is 241 Å². The van der Waals surface area contributed by atoms with Crippen molar-refractivity contribution in [2.45, 2.75) is 163 Å². The maximum absolute atomic E-state index is 9.76. The third-order valence-corrected chi connectivity index (χ3v) is 17.7. The Morgan fingerprint density at radius 3 is 1.81 bits per heavy atom.